The summed E-state index contributed by atoms with van der Waals surface area (Å²) in [5.41, 5.74) is 7.76. The Hall–Kier alpha value is -1.88. The highest BCUT2D eigenvalue weighted by Gasteiger charge is 2.42. The van der Waals surface area contributed by atoms with Crippen molar-refractivity contribution in [2.45, 2.75) is 39.2 Å². The Balaban J connectivity index is 2.77. The van der Waals surface area contributed by atoms with Crippen molar-refractivity contribution in [3.63, 3.8) is 0 Å². The first-order valence-corrected chi connectivity index (χ1v) is 6.69. The number of hydrogen-bond acceptors (Lipinski definition) is 3. The van der Waals surface area contributed by atoms with Gasteiger partial charge in [0, 0.05) is 24.7 Å². The lowest BCUT2D eigenvalue weighted by molar-refractivity contribution is -0.144. The van der Waals surface area contributed by atoms with Gasteiger partial charge in [-0.15, -0.1) is 0 Å². The molecule has 2 rings (SSSR count). The van der Waals surface area contributed by atoms with E-state index in [0.717, 1.165) is 11.1 Å². The predicted molar refractivity (Wildman–Crippen MR) is 76.7 cm³/mol. The van der Waals surface area contributed by atoms with Gasteiger partial charge in [0.15, 0.2) is 0 Å². The number of carbonyl (C=O) groups is 2. The molecule has 1 aromatic rings. The SMILES string of the molecule is CC(=O)N1CCCC(N)(C(=O)O)c2c(C)cc(C)cc21. The van der Waals surface area contributed by atoms with Crippen molar-refractivity contribution in [3.8, 4) is 0 Å². The normalized spacial score (nSPS) is 22.1. The third kappa shape index (κ3) is 2.18. The summed E-state index contributed by atoms with van der Waals surface area (Å²) in [5.74, 6) is -1.14. The molecule has 1 amide bonds. The molecular formula is C15H20N2O3. The molecular weight excluding hydrogens is 256 g/mol. The van der Waals surface area contributed by atoms with Crippen LogP contribution in [0.25, 0.3) is 0 Å². The van der Waals surface area contributed by atoms with Crippen LogP contribution in [0, 0.1) is 13.8 Å². The van der Waals surface area contributed by atoms with Crippen molar-refractivity contribution < 1.29 is 14.7 Å². The van der Waals surface area contributed by atoms with Crippen LogP contribution in [0.5, 0.6) is 0 Å². The van der Waals surface area contributed by atoms with Gasteiger partial charge in [0.25, 0.3) is 0 Å². The number of anilines is 1. The molecule has 3 N–H and O–H groups in total. The van der Waals surface area contributed by atoms with E-state index in [2.05, 4.69) is 0 Å². The molecule has 0 spiro atoms. The zero-order valence-corrected chi connectivity index (χ0v) is 12.1. The fourth-order valence-corrected chi connectivity index (χ4v) is 3.04. The average Bonchev–Trinajstić information content (AvgIpc) is 2.46. The summed E-state index contributed by atoms with van der Waals surface area (Å²) in [6, 6.07) is 3.76. The first-order chi connectivity index (χ1) is 9.27. The zero-order valence-electron chi connectivity index (χ0n) is 12.1. The zero-order chi connectivity index (χ0) is 15.1. The number of carboxylic acid groups (broad SMARTS) is 1. The number of rotatable bonds is 1. The minimum absolute atomic E-state index is 0.0918. The Morgan fingerprint density at radius 2 is 2.00 bits per heavy atom. The molecule has 20 heavy (non-hydrogen) atoms. The number of carboxylic acids is 1. The number of nitrogens with two attached hydrogens (primary N) is 1. The summed E-state index contributed by atoms with van der Waals surface area (Å²) in [6.45, 7) is 5.76. The van der Waals surface area contributed by atoms with E-state index in [-0.39, 0.29) is 5.91 Å². The van der Waals surface area contributed by atoms with Gasteiger partial charge in [-0.3, -0.25) is 4.79 Å². The largest absolute Gasteiger partial charge is 0.480 e. The Morgan fingerprint density at radius 3 is 2.55 bits per heavy atom. The van der Waals surface area contributed by atoms with Crippen molar-refractivity contribution in [1.82, 2.24) is 0 Å². The number of aliphatic carboxylic acids is 1. The van der Waals surface area contributed by atoms with Gasteiger partial charge in [0.2, 0.25) is 5.91 Å². The van der Waals surface area contributed by atoms with Crippen LogP contribution in [0.4, 0.5) is 5.69 Å². The Bertz CT molecular complexity index is 583. The average molecular weight is 276 g/mol. The number of benzene rings is 1. The molecule has 5 nitrogen and oxygen atoms in total. The lowest BCUT2D eigenvalue weighted by Crippen LogP contribution is -2.45. The van der Waals surface area contributed by atoms with Gasteiger partial charge in [-0.25, -0.2) is 4.79 Å². The molecule has 5 heteroatoms. The van der Waals surface area contributed by atoms with Gasteiger partial charge in [0.1, 0.15) is 5.54 Å². The molecule has 0 aromatic heterocycles. The summed E-state index contributed by atoms with van der Waals surface area (Å²) in [7, 11) is 0. The van der Waals surface area contributed by atoms with E-state index in [1.807, 2.05) is 26.0 Å². The fourth-order valence-electron chi connectivity index (χ4n) is 3.04. The quantitative estimate of drug-likeness (QED) is 0.817. The topological polar surface area (TPSA) is 83.6 Å². The number of carbonyl (C=O) groups excluding carboxylic acids is 1. The van der Waals surface area contributed by atoms with Crippen LogP contribution in [0.15, 0.2) is 12.1 Å². The van der Waals surface area contributed by atoms with Crippen molar-refractivity contribution in [3.05, 3.63) is 28.8 Å². The third-order valence-corrected chi connectivity index (χ3v) is 3.91. The summed E-state index contributed by atoms with van der Waals surface area (Å²) in [6.07, 6.45) is 0.887. The van der Waals surface area contributed by atoms with E-state index in [1.165, 1.54) is 6.92 Å². The van der Waals surface area contributed by atoms with Gasteiger partial charge in [-0.05, 0) is 43.9 Å². The minimum Gasteiger partial charge on any atom is -0.480 e. The van der Waals surface area contributed by atoms with Crippen molar-refractivity contribution in [2.24, 2.45) is 5.73 Å². The fraction of sp³-hybridized carbons (Fsp3) is 0.467. The summed E-state index contributed by atoms with van der Waals surface area (Å²) >= 11 is 0. The van der Waals surface area contributed by atoms with Crippen LogP contribution >= 0.6 is 0 Å². The van der Waals surface area contributed by atoms with Crippen LogP contribution < -0.4 is 10.6 Å². The molecule has 0 saturated carbocycles. The van der Waals surface area contributed by atoms with Crippen LogP contribution in [0.1, 0.15) is 36.5 Å². The molecule has 108 valence electrons. The molecule has 0 bridgehead atoms. The lowest BCUT2D eigenvalue weighted by Gasteiger charge is -2.29. The second-order valence-corrected chi connectivity index (χ2v) is 5.53. The maximum atomic E-state index is 11.9. The van der Waals surface area contributed by atoms with Crippen molar-refractivity contribution in [1.29, 1.82) is 0 Å². The molecule has 0 radical (unpaired) electrons. The summed E-state index contributed by atoms with van der Waals surface area (Å²) < 4.78 is 0. The van der Waals surface area contributed by atoms with Gasteiger partial charge in [-0.1, -0.05) is 6.07 Å². The van der Waals surface area contributed by atoms with Crippen molar-refractivity contribution in [2.75, 3.05) is 11.4 Å². The van der Waals surface area contributed by atoms with E-state index in [4.69, 9.17) is 5.73 Å². The highest BCUT2D eigenvalue weighted by Crippen LogP contribution is 2.39. The molecule has 1 aromatic carbocycles. The van der Waals surface area contributed by atoms with E-state index >= 15 is 0 Å². The van der Waals surface area contributed by atoms with Crippen LogP contribution in [-0.4, -0.2) is 23.5 Å². The standard InChI is InChI=1S/C15H20N2O3/c1-9-7-10(2)13-12(8-9)17(11(3)18)6-4-5-15(13,16)14(19)20/h7-8H,4-6,16H2,1-3H3,(H,19,20). The maximum Gasteiger partial charge on any atom is 0.328 e. The van der Waals surface area contributed by atoms with E-state index in [9.17, 15) is 14.7 Å². The summed E-state index contributed by atoms with van der Waals surface area (Å²) in [5, 5.41) is 9.56. The second-order valence-electron chi connectivity index (χ2n) is 5.53. The van der Waals surface area contributed by atoms with Gasteiger partial charge in [0.05, 0.1) is 0 Å². The molecule has 0 saturated heterocycles. The summed E-state index contributed by atoms with van der Waals surface area (Å²) in [4.78, 5) is 25.2. The number of amides is 1. The second kappa shape index (κ2) is 4.90. The Labute approximate surface area is 118 Å². The number of aryl methyl sites for hydroxylation is 2. The molecule has 1 atom stereocenters. The number of nitrogens with zero attached hydrogens (tertiary/aromatic N) is 1. The van der Waals surface area contributed by atoms with Crippen LogP contribution in [-0.2, 0) is 15.1 Å². The van der Waals surface area contributed by atoms with Crippen LogP contribution in [0.2, 0.25) is 0 Å². The molecule has 1 heterocycles. The van der Waals surface area contributed by atoms with E-state index < -0.39 is 11.5 Å². The van der Waals surface area contributed by atoms with E-state index in [0.29, 0.717) is 30.6 Å². The smallest absolute Gasteiger partial charge is 0.328 e. The molecule has 0 aliphatic carbocycles. The Morgan fingerprint density at radius 1 is 1.35 bits per heavy atom. The first-order valence-electron chi connectivity index (χ1n) is 6.69. The molecule has 0 fully saturated rings. The maximum absolute atomic E-state index is 11.9. The Kier molecular flexibility index (Phi) is 3.56. The molecule has 1 unspecified atom stereocenters. The molecule has 1 aliphatic rings. The first kappa shape index (κ1) is 14.5. The van der Waals surface area contributed by atoms with Gasteiger partial charge >= 0.3 is 5.97 Å². The monoisotopic (exact) mass is 276 g/mol. The minimum atomic E-state index is -1.43. The third-order valence-electron chi connectivity index (χ3n) is 3.91. The van der Waals surface area contributed by atoms with Crippen molar-refractivity contribution >= 4 is 17.6 Å². The number of hydrogen-bond donors (Lipinski definition) is 2. The highest BCUT2D eigenvalue weighted by atomic mass is 16.4. The number of fused-ring (bicyclic) bond motifs is 1. The van der Waals surface area contributed by atoms with Crippen LogP contribution in [0.3, 0.4) is 0 Å². The predicted octanol–water partition coefficient (Wildman–Crippen LogP) is 1.69. The highest BCUT2D eigenvalue weighted by molar-refractivity contribution is 5.95. The lowest BCUT2D eigenvalue weighted by atomic mass is 9.83. The van der Waals surface area contributed by atoms with E-state index in [1.54, 1.807) is 4.90 Å². The van der Waals surface area contributed by atoms with Gasteiger partial charge < -0.3 is 15.7 Å². The van der Waals surface area contributed by atoms with Gasteiger partial charge in [-0.2, -0.15) is 0 Å². The molecule has 1 aliphatic heterocycles.